The van der Waals surface area contributed by atoms with E-state index in [-0.39, 0.29) is 17.7 Å². The van der Waals surface area contributed by atoms with Gasteiger partial charge in [-0.1, -0.05) is 19.3 Å². The molecule has 0 amide bonds. The van der Waals surface area contributed by atoms with Gasteiger partial charge < -0.3 is 10.5 Å². The van der Waals surface area contributed by atoms with E-state index >= 15 is 0 Å². The van der Waals surface area contributed by atoms with Crippen molar-refractivity contribution in [2.45, 2.75) is 45.1 Å². The standard InChI is InChI=1S/C10H18N2O2/c1-7(9(11)12)14-10(13)8-5-3-2-4-6-8/h7-8H,2-6H2,1H3,(H3,11,12). The van der Waals surface area contributed by atoms with Crippen molar-refractivity contribution in [3.8, 4) is 0 Å². The van der Waals surface area contributed by atoms with E-state index in [4.69, 9.17) is 15.9 Å². The van der Waals surface area contributed by atoms with E-state index in [2.05, 4.69) is 0 Å². The minimum Gasteiger partial charge on any atom is -0.454 e. The van der Waals surface area contributed by atoms with Crippen molar-refractivity contribution >= 4 is 11.8 Å². The summed E-state index contributed by atoms with van der Waals surface area (Å²) in [6.45, 7) is 1.63. The van der Waals surface area contributed by atoms with E-state index < -0.39 is 6.10 Å². The molecule has 1 saturated carbocycles. The normalized spacial score (nSPS) is 20.1. The highest BCUT2D eigenvalue weighted by Crippen LogP contribution is 2.24. The highest BCUT2D eigenvalue weighted by Gasteiger charge is 2.24. The van der Waals surface area contributed by atoms with Crippen LogP contribution < -0.4 is 5.73 Å². The Hall–Kier alpha value is -1.06. The maximum Gasteiger partial charge on any atom is 0.309 e. The molecule has 14 heavy (non-hydrogen) atoms. The van der Waals surface area contributed by atoms with Gasteiger partial charge in [0.2, 0.25) is 0 Å². The third-order valence-electron chi connectivity index (χ3n) is 2.67. The van der Waals surface area contributed by atoms with Crippen LogP contribution in [0.2, 0.25) is 0 Å². The summed E-state index contributed by atoms with van der Waals surface area (Å²) in [5.41, 5.74) is 5.22. The number of rotatable bonds is 3. The molecular weight excluding hydrogens is 180 g/mol. The molecule has 0 radical (unpaired) electrons. The summed E-state index contributed by atoms with van der Waals surface area (Å²) in [4.78, 5) is 11.5. The Bertz CT molecular complexity index is 222. The second-order valence-electron chi connectivity index (χ2n) is 3.87. The van der Waals surface area contributed by atoms with Gasteiger partial charge in [0.25, 0.3) is 0 Å². The molecule has 0 aromatic rings. The van der Waals surface area contributed by atoms with Gasteiger partial charge in [-0.2, -0.15) is 0 Å². The van der Waals surface area contributed by atoms with Crippen molar-refractivity contribution in [3.63, 3.8) is 0 Å². The third kappa shape index (κ3) is 3.01. The Labute approximate surface area is 84.3 Å². The van der Waals surface area contributed by atoms with E-state index in [0.29, 0.717) is 0 Å². The Morgan fingerprint density at radius 1 is 1.43 bits per heavy atom. The first-order chi connectivity index (χ1) is 6.61. The minimum absolute atomic E-state index is 0.0329. The summed E-state index contributed by atoms with van der Waals surface area (Å²) in [7, 11) is 0. The monoisotopic (exact) mass is 198 g/mol. The van der Waals surface area contributed by atoms with E-state index in [1.807, 2.05) is 0 Å². The molecule has 0 aliphatic heterocycles. The lowest BCUT2D eigenvalue weighted by Crippen LogP contribution is -2.32. The van der Waals surface area contributed by atoms with Crippen LogP contribution in [0.4, 0.5) is 0 Å². The number of ether oxygens (including phenoxy) is 1. The molecule has 0 aromatic carbocycles. The fraction of sp³-hybridized carbons (Fsp3) is 0.800. The lowest BCUT2D eigenvalue weighted by Gasteiger charge is -2.21. The lowest BCUT2D eigenvalue weighted by molar-refractivity contribution is -0.151. The molecule has 0 heterocycles. The third-order valence-corrected chi connectivity index (χ3v) is 2.67. The van der Waals surface area contributed by atoms with E-state index in [1.54, 1.807) is 6.92 Å². The number of carbonyl (C=O) groups excluding carboxylic acids is 1. The fourth-order valence-corrected chi connectivity index (χ4v) is 1.67. The van der Waals surface area contributed by atoms with Gasteiger partial charge in [-0.3, -0.25) is 10.2 Å². The van der Waals surface area contributed by atoms with Gasteiger partial charge in [0.1, 0.15) is 5.84 Å². The van der Waals surface area contributed by atoms with Gasteiger partial charge in [0.15, 0.2) is 6.10 Å². The predicted octanol–water partition coefficient (Wildman–Crippen LogP) is 1.43. The molecule has 4 nitrogen and oxygen atoms in total. The van der Waals surface area contributed by atoms with Crippen LogP contribution in [0.25, 0.3) is 0 Å². The van der Waals surface area contributed by atoms with Gasteiger partial charge in [0, 0.05) is 0 Å². The fourth-order valence-electron chi connectivity index (χ4n) is 1.67. The molecule has 0 spiro atoms. The van der Waals surface area contributed by atoms with Gasteiger partial charge in [0.05, 0.1) is 5.92 Å². The minimum atomic E-state index is -0.579. The zero-order valence-electron chi connectivity index (χ0n) is 8.58. The molecule has 0 bridgehead atoms. The quantitative estimate of drug-likeness (QED) is 0.409. The first-order valence-electron chi connectivity index (χ1n) is 5.15. The molecule has 0 aromatic heterocycles. The molecule has 3 N–H and O–H groups in total. The number of carbonyl (C=O) groups is 1. The van der Waals surface area contributed by atoms with Crippen molar-refractivity contribution in [1.82, 2.24) is 0 Å². The smallest absolute Gasteiger partial charge is 0.309 e. The van der Waals surface area contributed by atoms with Crippen molar-refractivity contribution in [3.05, 3.63) is 0 Å². The number of nitrogens with one attached hydrogen (secondary N) is 1. The summed E-state index contributed by atoms with van der Waals surface area (Å²) in [6, 6.07) is 0. The van der Waals surface area contributed by atoms with Gasteiger partial charge in [-0.15, -0.1) is 0 Å². The zero-order chi connectivity index (χ0) is 10.6. The molecule has 0 saturated heterocycles. The number of hydrogen-bond acceptors (Lipinski definition) is 3. The van der Waals surface area contributed by atoms with E-state index in [0.717, 1.165) is 25.7 Å². The first-order valence-corrected chi connectivity index (χ1v) is 5.15. The average molecular weight is 198 g/mol. The second-order valence-corrected chi connectivity index (χ2v) is 3.87. The van der Waals surface area contributed by atoms with Gasteiger partial charge in [-0.25, -0.2) is 0 Å². The number of amidine groups is 1. The predicted molar refractivity (Wildman–Crippen MR) is 54.0 cm³/mol. The zero-order valence-corrected chi connectivity index (χ0v) is 8.58. The molecule has 1 aliphatic rings. The maximum atomic E-state index is 11.5. The van der Waals surface area contributed by atoms with Crippen LogP contribution in [0, 0.1) is 11.3 Å². The topological polar surface area (TPSA) is 76.2 Å². The van der Waals surface area contributed by atoms with Crippen molar-refractivity contribution in [2.75, 3.05) is 0 Å². The second kappa shape index (κ2) is 4.98. The largest absolute Gasteiger partial charge is 0.454 e. The summed E-state index contributed by atoms with van der Waals surface area (Å²) >= 11 is 0. The summed E-state index contributed by atoms with van der Waals surface area (Å²) in [6.07, 6.45) is 4.69. The van der Waals surface area contributed by atoms with Gasteiger partial charge in [-0.05, 0) is 19.8 Å². The first kappa shape index (κ1) is 11.0. The summed E-state index contributed by atoms with van der Waals surface area (Å²) in [5, 5.41) is 7.11. The Kier molecular flexibility index (Phi) is 3.92. The van der Waals surface area contributed by atoms with Crippen LogP contribution in [0.3, 0.4) is 0 Å². The Morgan fingerprint density at radius 2 is 2.00 bits per heavy atom. The summed E-state index contributed by atoms with van der Waals surface area (Å²) in [5.74, 6) is -0.243. The van der Waals surface area contributed by atoms with Crippen molar-refractivity contribution in [1.29, 1.82) is 5.41 Å². The van der Waals surface area contributed by atoms with Gasteiger partial charge >= 0.3 is 5.97 Å². The molecule has 1 atom stereocenters. The number of hydrogen-bond donors (Lipinski definition) is 2. The highest BCUT2D eigenvalue weighted by atomic mass is 16.5. The van der Waals surface area contributed by atoms with Crippen LogP contribution in [0.5, 0.6) is 0 Å². The molecule has 1 unspecified atom stereocenters. The summed E-state index contributed by atoms with van der Waals surface area (Å²) < 4.78 is 5.06. The van der Waals surface area contributed by atoms with Crippen LogP contribution in [-0.2, 0) is 9.53 Å². The number of esters is 1. The number of nitrogens with two attached hydrogens (primary N) is 1. The molecule has 4 heteroatoms. The van der Waals surface area contributed by atoms with E-state index in [1.165, 1.54) is 6.42 Å². The molecule has 80 valence electrons. The van der Waals surface area contributed by atoms with Crippen molar-refractivity contribution < 1.29 is 9.53 Å². The molecule has 1 rings (SSSR count). The Balaban J connectivity index is 2.36. The molecule has 1 aliphatic carbocycles. The van der Waals surface area contributed by atoms with Crippen molar-refractivity contribution in [2.24, 2.45) is 11.7 Å². The molecular formula is C10H18N2O2. The lowest BCUT2D eigenvalue weighted by atomic mass is 9.89. The van der Waals surface area contributed by atoms with Crippen LogP contribution in [-0.4, -0.2) is 17.9 Å². The average Bonchev–Trinajstić information content (AvgIpc) is 2.19. The van der Waals surface area contributed by atoms with E-state index in [9.17, 15) is 4.79 Å². The Morgan fingerprint density at radius 3 is 2.50 bits per heavy atom. The molecule has 1 fully saturated rings. The van der Waals surface area contributed by atoms with Crippen LogP contribution in [0.1, 0.15) is 39.0 Å². The SMILES string of the molecule is CC(OC(=O)C1CCCCC1)C(=N)N. The highest BCUT2D eigenvalue weighted by molar-refractivity contribution is 5.84. The van der Waals surface area contributed by atoms with Crippen LogP contribution in [0.15, 0.2) is 0 Å². The maximum absolute atomic E-state index is 11.5. The van der Waals surface area contributed by atoms with Crippen LogP contribution >= 0.6 is 0 Å².